The zero-order valence-corrected chi connectivity index (χ0v) is 6.47. The second-order valence-electron chi connectivity index (χ2n) is 3.61. The minimum Gasteiger partial charge on any atom is -0.377 e. The molecular weight excluding hydrogens is 126 g/mol. The Hall–Kier alpha value is -0.0800. The molecule has 2 N–H and O–H groups in total. The Labute approximate surface area is 61.7 Å². The summed E-state index contributed by atoms with van der Waals surface area (Å²) >= 11 is 0. The van der Waals surface area contributed by atoms with E-state index in [9.17, 15) is 0 Å². The van der Waals surface area contributed by atoms with Crippen molar-refractivity contribution in [3.63, 3.8) is 0 Å². The van der Waals surface area contributed by atoms with Gasteiger partial charge in [-0.15, -0.1) is 0 Å². The largest absolute Gasteiger partial charge is 0.377 e. The van der Waals surface area contributed by atoms with Crippen LogP contribution in [-0.4, -0.2) is 19.3 Å². The van der Waals surface area contributed by atoms with Crippen molar-refractivity contribution in [1.29, 1.82) is 0 Å². The normalized spacial score (nSPS) is 51.0. The lowest BCUT2D eigenvalue weighted by molar-refractivity contribution is -0.0151. The zero-order valence-electron chi connectivity index (χ0n) is 6.47. The van der Waals surface area contributed by atoms with Crippen molar-refractivity contribution >= 4 is 0 Å². The lowest BCUT2D eigenvalue weighted by Gasteiger charge is -2.27. The molecule has 10 heavy (non-hydrogen) atoms. The van der Waals surface area contributed by atoms with Crippen molar-refractivity contribution in [2.24, 2.45) is 17.6 Å². The maximum atomic E-state index is 5.67. The van der Waals surface area contributed by atoms with Crippen LogP contribution in [0.5, 0.6) is 0 Å². The van der Waals surface area contributed by atoms with Gasteiger partial charge in [-0.3, -0.25) is 0 Å². The highest BCUT2D eigenvalue weighted by Crippen LogP contribution is 2.58. The number of fused-ring (bicyclic) bond motifs is 1. The third kappa shape index (κ3) is 0.663. The minimum absolute atomic E-state index is 0.0880. The van der Waals surface area contributed by atoms with Crippen LogP contribution in [0.1, 0.15) is 19.3 Å². The van der Waals surface area contributed by atoms with Crippen LogP contribution in [-0.2, 0) is 4.74 Å². The Morgan fingerprint density at radius 3 is 2.70 bits per heavy atom. The van der Waals surface area contributed by atoms with Crippen molar-refractivity contribution < 1.29 is 4.74 Å². The summed E-state index contributed by atoms with van der Waals surface area (Å²) in [4.78, 5) is 0. The Morgan fingerprint density at radius 1 is 1.70 bits per heavy atom. The van der Waals surface area contributed by atoms with Crippen molar-refractivity contribution in [2.75, 3.05) is 13.7 Å². The standard InChI is InChI=1S/C8H15NO/c1-10-8(5-9)3-2-6-4-7(6)8/h6-7H,2-5,9H2,1H3. The fraction of sp³-hybridized carbons (Fsp3) is 1.00. The van der Waals surface area contributed by atoms with E-state index in [2.05, 4.69) is 0 Å². The molecule has 2 saturated carbocycles. The third-order valence-corrected chi connectivity index (χ3v) is 3.29. The highest BCUT2D eigenvalue weighted by Gasteiger charge is 2.57. The van der Waals surface area contributed by atoms with Crippen LogP contribution in [0.3, 0.4) is 0 Å². The van der Waals surface area contributed by atoms with E-state index in [1.54, 1.807) is 7.11 Å². The fourth-order valence-corrected chi connectivity index (χ4v) is 2.42. The fourth-order valence-electron chi connectivity index (χ4n) is 2.42. The molecule has 2 heteroatoms. The van der Waals surface area contributed by atoms with Gasteiger partial charge in [-0.2, -0.15) is 0 Å². The second kappa shape index (κ2) is 1.95. The first-order valence-corrected chi connectivity index (χ1v) is 4.07. The molecule has 2 aliphatic rings. The molecule has 58 valence electrons. The molecule has 0 amide bonds. The Bertz CT molecular complexity index is 142. The summed E-state index contributed by atoms with van der Waals surface area (Å²) < 4.78 is 5.48. The summed E-state index contributed by atoms with van der Waals surface area (Å²) in [5.74, 6) is 1.77. The summed E-state index contributed by atoms with van der Waals surface area (Å²) in [6.45, 7) is 0.713. The van der Waals surface area contributed by atoms with E-state index in [1.165, 1.54) is 19.3 Å². The SMILES string of the molecule is COC1(CN)CCC2CC21. The molecule has 0 spiro atoms. The maximum Gasteiger partial charge on any atom is 0.0831 e. The monoisotopic (exact) mass is 141 g/mol. The van der Waals surface area contributed by atoms with E-state index in [4.69, 9.17) is 10.5 Å². The van der Waals surface area contributed by atoms with Gasteiger partial charge in [-0.05, 0) is 31.1 Å². The van der Waals surface area contributed by atoms with Crippen LogP contribution >= 0.6 is 0 Å². The highest BCUT2D eigenvalue weighted by molar-refractivity contribution is 5.08. The lowest BCUT2D eigenvalue weighted by Crippen LogP contribution is -2.40. The molecular formula is C8H15NO. The molecule has 3 atom stereocenters. The minimum atomic E-state index is 0.0880. The second-order valence-corrected chi connectivity index (χ2v) is 3.61. The first-order valence-electron chi connectivity index (χ1n) is 4.07. The van der Waals surface area contributed by atoms with Gasteiger partial charge < -0.3 is 10.5 Å². The predicted molar refractivity (Wildman–Crippen MR) is 39.6 cm³/mol. The predicted octanol–water partition coefficient (Wildman–Crippen LogP) is 0.760. The number of rotatable bonds is 2. The van der Waals surface area contributed by atoms with Crippen LogP contribution in [0.4, 0.5) is 0 Å². The van der Waals surface area contributed by atoms with E-state index >= 15 is 0 Å². The molecule has 0 bridgehead atoms. The molecule has 0 aromatic carbocycles. The van der Waals surface area contributed by atoms with Gasteiger partial charge in [0, 0.05) is 13.7 Å². The van der Waals surface area contributed by atoms with Crippen molar-refractivity contribution in [3.05, 3.63) is 0 Å². The van der Waals surface area contributed by atoms with Crippen molar-refractivity contribution in [3.8, 4) is 0 Å². The molecule has 3 unspecified atom stereocenters. The maximum absolute atomic E-state index is 5.67. The topological polar surface area (TPSA) is 35.2 Å². The van der Waals surface area contributed by atoms with Crippen LogP contribution in [0, 0.1) is 11.8 Å². The first kappa shape index (κ1) is 6.62. The van der Waals surface area contributed by atoms with E-state index in [1.807, 2.05) is 0 Å². The molecule has 0 radical (unpaired) electrons. The molecule has 0 heterocycles. The van der Waals surface area contributed by atoms with Gasteiger partial charge in [0.15, 0.2) is 0 Å². The molecule has 2 rings (SSSR count). The average molecular weight is 141 g/mol. The molecule has 0 aromatic rings. The summed E-state index contributed by atoms with van der Waals surface area (Å²) in [6.07, 6.45) is 3.90. The first-order chi connectivity index (χ1) is 4.82. The van der Waals surface area contributed by atoms with Crippen LogP contribution in [0.25, 0.3) is 0 Å². The zero-order chi connectivity index (χ0) is 7.19. The van der Waals surface area contributed by atoms with Gasteiger partial charge in [0.25, 0.3) is 0 Å². The average Bonchev–Trinajstić information content (AvgIpc) is 2.68. The molecule has 0 aromatic heterocycles. The molecule has 2 aliphatic carbocycles. The number of hydrogen-bond acceptors (Lipinski definition) is 2. The number of nitrogens with two attached hydrogens (primary N) is 1. The lowest BCUT2D eigenvalue weighted by atomic mass is 9.98. The van der Waals surface area contributed by atoms with Crippen LogP contribution < -0.4 is 5.73 Å². The molecule has 0 aliphatic heterocycles. The van der Waals surface area contributed by atoms with Gasteiger partial charge in [0.05, 0.1) is 5.60 Å². The number of ether oxygens (including phenoxy) is 1. The van der Waals surface area contributed by atoms with E-state index < -0.39 is 0 Å². The van der Waals surface area contributed by atoms with Crippen molar-refractivity contribution in [1.82, 2.24) is 0 Å². The quantitative estimate of drug-likeness (QED) is 0.616. The number of methoxy groups -OCH3 is 1. The van der Waals surface area contributed by atoms with E-state index in [-0.39, 0.29) is 5.60 Å². The van der Waals surface area contributed by atoms with E-state index in [0.717, 1.165) is 11.8 Å². The van der Waals surface area contributed by atoms with E-state index in [0.29, 0.717) is 6.54 Å². The Balaban J connectivity index is 2.11. The van der Waals surface area contributed by atoms with Gasteiger partial charge in [-0.1, -0.05) is 0 Å². The molecule has 0 saturated heterocycles. The third-order valence-electron chi connectivity index (χ3n) is 3.29. The highest BCUT2D eigenvalue weighted by atomic mass is 16.5. The Morgan fingerprint density at radius 2 is 2.50 bits per heavy atom. The summed E-state index contributed by atoms with van der Waals surface area (Å²) in [6, 6.07) is 0. The van der Waals surface area contributed by atoms with Gasteiger partial charge in [0.2, 0.25) is 0 Å². The number of hydrogen-bond donors (Lipinski definition) is 1. The summed E-state index contributed by atoms with van der Waals surface area (Å²) in [5.41, 5.74) is 5.76. The van der Waals surface area contributed by atoms with Gasteiger partial charge >= 0.3 is 0 Å². The molecule has 2 nitrogen and oxygen atoms in total. The smallest absolute Gasteiger partial charge is 0.0831 e. The molecule has 2 fully saturated rings. The van der Waals surface area contributed by atoms with Crippen LogP contribution in [0.2, 0.25) is 0 Å². The van der Waals surface area contributed by atoms with Gasteiger partial charge in [-0.25, -0.2) is 0 Å². The summed E-state index contributed by atoms with van der Waals surface area (Å²) in [7, 11) is 1.80. The van der Waals surface area contributed by atoms with Crippen LogP contribution in [0.15, 0.2) is 0 Å². The Kier molecular flexibility index (Phi) is 1.29. The summed E-state index contributed by atoms with van der Waals surface area (Å²) in [5, 5.41) is 0. The van der Waals surface area contributed by atoms with Crippen molar-refractivity contribution in [2.45, 2.75) is 24.9 Å². The van der Waals surface area contributed by atoms with Gasteiger partial charge in [0.1, 0.15) is 0 Å².